The molecule has 1 aliphatic rings. The fraction of sp³-hybridized carbons (Fsp3) is 0.385. The monoisotopic (exact) mass is 280 g/mol. The Hall–Kier alpha value is -1.53. The molecule has 0 spiro atoms. The smallest absolute Gasteiger partial charge is 0.289 e. The number of rotatable bonds is 5. The molecule has 2 N–H and O–H groups in total. The Labute approximate surface area is 116 Å². The Balaban J connectivity index is 2.00. The summed E-state index contributed by atoms with van der Waals surface area (Å²) in [5, 5.41) is -0.532. The minimum Gasteiger partial charge on any atom is -0.399 e. The minimum absolute atomic E-state index is 0.135. The quantitative estimate of drug-likeness (QED) is 0.828. The summed E-state index contributed by atoms with van der Waals surface area (Å²) in [7, 11) is 1.55. The number of carbonyl (C=O) groups excluding carboxylic acids is 2. The summed E-state index contributed by atoms with van der Waals surface area (Å²) >= 11 is 1.08. The first kappa shape index (κ1) is 13.9. The van der Waals surface area contributed by atoms with Crippen LogP contribution in [0.4, 0.5) is 10.5 Å². The number of ether oxygens (including phenoxy) is 1. The van der Waals surface area contributed by atoms with Gasteiger partial charge >= 0.3 is 0 Å². The van der Waals surface area contributed by atoms with Gasteiger partial charge in [0.2, 0.25) is 5.91 Å². The van der Waals surface area contributed by atoms with Crippen LogP contribution in [0.3, 0.4) is 0 Å². The van der Waals surface area contributed by atoms with E-state index < -0.39 is 0 Å². The molecular weight excluding hydrogens is 264 g/mol. The zero-order valence-electron chi connectivity index (χ0n) is 10.7. The molecule has 6 heteroatoms. The van der Waals surface area contributed by atoms with Gasteiger partial charge in [-0.3, -0.25) is 14.5 Å². The summed E-state index contributed by atoms with van der Waals surface area (Å²) in [6.45, 7) is 0.687. The lowest BCUT2D eigenvalue weighted by atomic mass is 10.1. The Morgan fingerprint density at radius 2 is 2.00 bits per heavy atom. The molecule has 1 unspecified atom stereocenters. The van der Waals surface area contributed by atoms with Gasteiger partial charge in [0.1, 0.15) is 0 Å². The highest BCUT2D eigenvalue weighted by molar-refractivity contribution is 8.15. The van der Waals surface area contributed by atoms with Crippen molar-refractivity contribution in [3.8, 4) is 0 Å². The number of hydrogen-bond donors (Lipinski definition) is 1. The van der Waals surface area contributed by atoms with Crippen molar-refractivity contribution in [1.29, 1.82) is 0 Å². The molecule has 0 aliphatic carbocycles. The van der Waals surface area contributed by atoms with Crippen LogP contribution >= 0.6 is 11.8 Å². The van der Waals surface area contributed by atoms with Crippen LogP contribution in [0.2, 0.25) is 0 Å². The molecule has 0 radical (unpaired) electrons. The third kappa shape index (κ3) is 3.27. The largest absolute Gasteiger partial charge is 0.399 e. The zero-order valence-corrected chi connectivity index (χ0v) is 11.5. The number of hydrogen-bond acceptors (Lipinski definition) is 5. The van der Waals surface area contributed by atoms with E-state index in [1.165, 1.54) is 4.90 Å². The summed E-state index contributed by atoms with van der Waals surface area (Å²) in [6, 6.07) is 7.35. The maximum absolute atomic E-state index is 12.1. The van der Waals surface area contributed by atoms with Crippen LogP contribution in [0.5, 0.6) is 0 Å². The van der Waals surface area contributed by atoms with Crippen molar-refractivity contribution in [2.75, 3.05) is 26.0 Å². The first-order valence-corrected chi connectivity index (χ1v) is 6.85. The average Bonchev–Trinajstić information content (AvgIpc) is 2.65. The number of thioether (sulfide) groups is 1. The standard InChI is InChI=1S/C13H16N2O3S/c1-18-7-6-15-12(16)11(19-13(15)17)8-9-2-4-10(14)5-3-9/h2-5,11H,6-8,14H2,1H3. The van der Waals surface area contributed by atoms with Crippen molar-refractivity contribution in [1.82, 2.24) is 4.90 Å². The number of benzene rings is 1. The van der Waals surface area contributed by atoms with E-state index in [0.717, 1.165) is 17.3 Å². The van der Waals surface area contributed by atoms with Crippen LogP contribution in [0.1, 0.15) is 5.56 Å². The second kappa shape index (κ2) is 6.08. The van der Waals surface area contributed by atoms with Gasteiger partial charge in [-0.15, -0.1) is 0 Å². The Bertz CT molecular complexity index is 475. The van der Waals surface area contributed by atoms with E-state index >= 15 is 0 Å². The van der Waals surface area contributed by atoms with Crippen LogP contribution in [0, 0.1) is 0 Å². The molecule has 1 aliphatic heterocycles. The van der Waals surface area contributed by atoms with Crippen molar-refractivity contribution in [3.63, 3.8) is 0 Å². The fourth-order valence-corrected chi connectivity index (χ4v) is 2.94. The van der Waals surface area contributed by atoms with Crippen LogP contribution in [0.25, 0.3) is 0 Å². The summed E-state index contributed by atoms with van der Waals surface area (Å²) in [4.78, 5) is 25.1. The van der Waals surface area contributed by atoms with Gasteiger partial charge < -0.3 is 10.5 Å². The van der Waals surface area contributed by atoms with E-state index in [1.54, 1.807) is 19.2 Å². The molecule has 2 rings (SSSR count). The molecule has 5 nitrogen and oxygen atoms in total. The molecule has 1 aromatic rings. The lowest BCUT2D eigenvalue weighted by molar-refractivity contribution is -0.127. The van der Waals surface area contributed by atoms with Gasteiger partial charge in [0.15, 0.2) is 0 Å². The van der Waals surface area contributed by atoms with E-state index in [1.807, 2.05) is 12.1 Å². The highest BCUT2D eigenvalue weighted by Gasteiger charge is 2.38. The van der Waals surface area contributed by atoms with Crippen molar-refractivity contribution in [3.05, 3.63) is 29.8 Å². The Kier molecular flexibility index (Phi) is 4.44. The average molecular weight is 280 g/mol. The van der Waals surface area contributed by atoms with Crippen LogP contribution in [-0.4, -0.2) is 41.6 Å². The molecule has 0 bridgehead atoms. The third-order valence-electron chi connectivity index (χ3n) is 2.92. The summed E-state index contributed by atoms with van der Waals surface area (Å²) in [5.74, 6) is -0.135. The van der Waals surface area contributed by atoms with Gasteiger partial charge in [0.25, 0.3) is 5.24 Å². The van der Waals surface area contributed by atoms with E-state index in [0.29, 0.717) is 25.3 Å². The van der Waals surface area contributed by atoms with Crippen molar-refractivity contribution >= 4 is 28.6 Å². The Morgan fingerprint density at radius 1 is 1.32 bits per heavy atom. The van der Waals surface area contributed by atoms with Crippen molar-refractivity contribution in [2.24, 2.45) is 0 Å². The number of anilines is 1. The summed E-state index contributed by atoms with van der Waals surface area (Å²) < 4.78 is 4.90. The van der Waals surface area contributed by atoms with Crippen molar-refractivity contribution < 1.29 is 14.3 Å². The maximum Gasteiger partial charge on any atom is 0.289 e. The van der Waals surface area contributed by atoms with Gasteiger partial charge in [-0.2, -0.15) is 0 Å². The topological polar surface area (TPSA) is 72.6 Å². The van der Waals surface area contributed by atoms with Gasteiger partial charge in [-0.05, 0) is 24.1 Å². The predicted molar refractivity (Wildman–Crippen MR) is 74.9 cm³/mol. The molecule has 1 heterocycles. The second-order valence-electron chi connectivity index (χ2n) is 4.30. The van der Waals surface area contributed by atoms with Gasteiger partial charge in [0.05, 0.1) is 18.4 Å². The van der Waals surface area contributed by atoms with Gasteiger partial charge in [0, 0.05) is 12.8 Å². The summed E-state index contributed by atoms with van der Waals surface area (Å²) in [6.07, 6.45) is 0.541. The summed E-state index contributed by atoms with van der Waals surface area (Å²) in [5.41, 5.74) is 7.30. The SMILES string of the molecule is COCCN1C(=O)SC(Cc2ccc(N)cc2)C1=O. The van der Waals surface area contributed by atoms with Gasteiger partial charge in [-0.1, -0.05) is 23.9 Å². The predicted octanol–water partition coefficient (Wildman–Crippen LogP) is 1.52. The number of nitrogens with zero attached hydrogens (tertiary/aromatic N) is 1. The molecule has 0 aromatic heterocycles. The number of nitrogen functional groups attached to an aromatic ring is 1. The first-order chi connectivity index (χ1) is 9.11. The molecule has 1 atom stereocenters. The Morgan fingerprint density at radius 3 is 2.63 bits per heavy atom. The molecule has 102 valence electrons. The number of nitrogens with two attached hydrogens (primary N) is 1. The van der Waals surface area contributed by atoms with E-state index in [4.69, 9.17) is 10.5 Å². The van der Waals surface area contributed by atoms with Crippen LogP contribution in [-0.2, 0) is 16.0 Å². The first-order valence-electron chi connectivity index (χ1n) is 5.97. The molecule has 2 amide bonds. The highest BCUT2D eigenvalue weighted by Crippen LogP contribution is 2.29. The number of carbonyl (C=O) groups is 2. The zero-order chi connectivity index (χ0) is 13.8. The molecule has 1 aromatic carbocycles. The van der Waals surface area contributed by atoms with E-state index in [2.05, 4.69) is 0 Å². The molecular formula is C13H16N2O3S. The van der Waals surface area contributed by atoms with E-state index in [-0.39, 0.29) is 16.4 Å². The van der Waals surface area contributed by atoms with Crippen LogP contribution < -0.4 is 5.73 Å². The van der Waals surface area contributed by atoms with Crippen molar-refractivity contribution in [2.45, 2.75) is 11.7 Å². The second-order valence-corrected chi connectivity index (χ2v) is 5.45. The number of methoxy groups -OCH3 is 1. The third-order valence-corrected chi connectivity index (χ3v) is 4.00. The number of amides is 2. The maximum atomic E-state index is 12.1. The number of imide groups is 1. The van der Waals surface area contributed by atoms with Gasteiger partial charge in [-0.25, -0.2) is 0 Å². The molecule has 1 fully saturated rings. The lowest BCUT2D eigenvalue weighted by Gasteiger charge is -2.13. The molecule has 1 saturated heterocycles. The normalized spacial score (nSPS) is 19.2. The van der Waals surface area contributed by atoms with Crippen LogP contribution in [0.15, 0.2) is 24.3 Å². The molecule has 0 saturated carbocycles. The minimum atomic E-state index is -0.340. The van der Waals surface area contributed by atoms with E-state index in [9.17, 15) is 9.59 Å². The molecule has 19 heavy (non-hydrogen) atoms. The highest BCUT2D eigenvalue weighted by atomic mass is 32.2. The fourth-order valence-electron chi connectivity index (χ4n) is 1.88. The lowest BCUT2D eigenvalue weighted by Crippen LogP contribution is -2.34.